The lowest BCUT2D eigenvalue weighted by Crippen LogP contribution is -2.28. The third-order valence-corrected chi connectivity index (χ3v) is 4.06. The van der Waals surface area contributed by atoms with E-state index in [2.05, 4.69) is 19.2 Å². The van der Waals surface area contributed by atoms with Crippen LogP contribution in [0.2, 0.25) is 0 Å². The van der Waals surface area contributed by atoms with E-state index in [9.17, 15) is 4.79 Å². The van der Waals surface area contributed by atoms with Crippen molar-refractivity contribution in [1.29, 1.82) is 0 Å². The molecule has 2 rings (SSSR count). The van der Waals surface area contributed by atoms with E-state index in [4.69, 9.17) is 15.2 Å². The van der Waals surface area contributed by atoms with E-state index in [1.165, 1.54) is 7.11 Å². The Morgan fingerprint density at radius 2 is 1.79 bits per heavy atom. The van der Waals surface area contributed by atoms with E-state index in [-0.39, 0.29) is 11.3 Å². The molecule has 0 aliphatic rings. The number of amides is 1. The molecule has 0 aromatic heterocycles. The molecule has 0 atom stereocenters. The van der Waals surface area contributed by atoms with Gasteiger partial charge in [-0.2, -0.15) is 0 Å². The molecule has 0 spiro atoms. The van der Waals surface area contributed by atoms with Crippen LogP contribution >= 0.6 is 0 Å². The molecule has 0 heterocycles. The number of benzene rings is 2. The van der Waals surface area contributed by atoms with Crippen molar-refractivity contribution in [3.63, 3.8) is 0 Å². The molecular formula is C19H24N2O3. The third-order valence-electron chi connectivity index (χ3n) is 4.06. The van der Waals surface area contributed by atoms with Crippen molar-refractivity contribution < 1.29 is 14.3 Å². The Morgan fingerprint density at radius 3 is 2.42 bits per heavy atom. The molecule has 0 saturated heterocycles. The van der Waals surface area contributed by atoms with Crippen LogP contribution in [0.1, 0.15) is 29.8 Å². The molecule has 5 nitrogen and oxygen atoms in total. The molecule has 0 bridgehead atoms. The van der Waals surface area contributed by atoms with Gasteiger partial charge >= 0.3 is 0 Å². The van der Waals surface area contributed by atoms with Gasteiger partial charge in [0.05, 0.1) is 14.2 Å². The normalized spacial score (nSPS) is 11.0. The lowest BCUT2D eigenvalue weighted by molar-refractivity contribution is 0.102. The molecule has 1 amide bonds. The number of hydrogen-bond donors (Lipinski definition) is 2. The summed E-state index contributed by atoms with van der Waals surface area (Å²) in [6.07, 6.45) is 0. The van der Waals surface area contributed by atoms with Crippen molar-refractivity contribution >= 4 is 11.6 Å². The second-order valence-electron chi connectivity index (χ2n) is 6.19. The van der Waals surface area contributed by atoms with Crippen molar-refractivity contribution in [2.45, 2.75) is 19.3 Å². The van der Waals surface area contributed by atoms with E-state index in [1.54, 1.807) is 25.3 Å². The second kappa shape index (κ2) is 7.36. The van der Waals surface area contributed by atoms with Gasteiger partial charge in [-0.05, 0) is 35.9 Å². The molecule has 0 aliphatic heterocycles. The van der Waals surface area contributed by atoms with Crippen molar-refractivity contribution in [2.75, 3.05) is 26.1 Å². The number of nitrogens with two attached hydrogens (primary N) is 1. The number of ether oxygens (including phenoxy) is 2. The van der Waals surface area contributed by atoms with Gasteiger partial charge in [-0.3, -0.25) is 4.79 Å². The molecular weight excluding hydrogens is 304 g/mol. The summed E-state index contributed by atoms with van der Waals surface area (Å²) < 4.78 is 10.4. The highest BCUT2D eigenvalue weighted by molar-refractivity contribution is 6.04. The summed E-state index contributed by atoms with van der Waals surface area (Å²) in [5, 5.41) is 2.91. The smallest absolute Gasteiger partial charge is 0.255 e. The fourth-order valence-corrected chi connectivity index (χ4v) is 2.32. The summed E-state index contributed by atoms with van der Waals surface area (Å²) in [5.74, 6) is 0.891. The fraction of sp³-hybridized carbons (Fsp3) is 0.316. The van der Waals surface area contributed by atoms with Gasteiger partial charge in [-0.15, -0.1) is 0 Å². The molecule has 24 heavy (non-hydrogen) atoms. The standard InChI is InChI=1S/C19H24N2O3/c1-19(2,12-20)14-6-5-7-15(11-14)21-18(22)13-8-9-16(23-3)17(10-13)24-4/h5-11H,12,20H2,1-4H3,(H,21,22). The zero-order valence-corrected chi connectivity index (χ0v) is 14.6. The number of anilines is 1. The van der Waals surface area contributed by atoms with Crippen LogP contribution in [0.3, 0.4) is 0 Å². The molecule has 0 fully saturated rings. The number of hydrogen-bond acceptors (Lipinski definition) is 4. The van der Waals surface area contributed by atoms with Crippen LogP contribution in [0.25, 0.3) is 0 Å². The van der Waals surface area contributed by atoms with Crippen LogP contribution in [0, 0.1) is 0 Å². The van der Waals surface area contributed by atoms with E-state index in [0.717, 1.165) is 11.3 Å². The second-order valence-corrected chi connectivity index (χ2v) is 6.19. The summed E-state index contributed by atoms with van der Waals surface area (Å²) in [5.41, 5.74) is 7.98. The maximum atomic E-state index is 12.5. The predicted molar refractivity (Wildman–Crippen MR) is 96.0 cm³/mol. The van der Waals surface area contributed by atoms with Gasteiger partial charge in [0.1, 0.15) is 0 Å². The first kappa shape index (κ1) is 17.8. The van der Waals surface area contributed by atoms with Crippen LogP contribution < -0.4 is 20.5 Å². The topological polar surface area (TPSA) is 73.6 Å². The van der Waals surface area contributed by atoms with E-state index in [1.807, 2.05) is 24.3 Å². The number of methoxy groups -OCH3 is 2. The summed E-state index contributed by atoms with van der Waals surface area (Å²) >= 11 is 0. The number of carbonyl (C=O) groups is 1. The van der Waals surface area contributed by atoms with Crippen LogP contribution in [-0.4, -0.2) is 26.7 Å². The first-order valence-corrected chi connectivity index (χ1v) is 7.75. The maximum absolute atomic E-state index is 12.5. The molecule has 2 aromatic rings. The minimum absolute atomic E-state index is 0.149. The lowest BCUT2D eigenvalue weighted by Gasteiger charge is -2.23. The van der Waals surface area contributed by atoms with Gasteiger partial charge < -0.3 is 20.5 Å². The first-order valence-electron chi connectivity index (χ1n) is 7.75. The predicted octanol–water partition coefficient (Wildman–Crippen LogP) is 3.19. The summed E-state index contributed by atoms with van der Waals surface area (Å²) in [6.45, 7) is 4.67. The molecule has 0 radical (unpaired) electrons. The number of carbonyl (C=O) groups excluding carboxylic acids is 1. The summed E-state index contributed by atoms with van der Waals surface area (Å²) in [6, 6.07) is 12.8. The van der Waals surface area contributed by atoms with Crippen molar-refractivity contribution in [3.05, 3.63) is 53.6 Å². The lowest BCUT2D eigenvalue weighted by atomic mass is 9.85. The van der Waals surface area contributed by atoms with Gasteiger partial charge in [-0.1, -0.05) is 26.0 Å². The fourth-order valence-electron chi connectivity index (χ4n) is 2.32. The molecule has 5 heteroatoms. The van der Waals surface area contributed by atoms with E-state index in [0.29, 0.717) is 23.6 Å². The van der Waals surface area contributed by atoms with E-state index < -0.39 is 0 Å². The Kier molecular flexibility index (Phi) is 5.46. The molecule has 2 aromatic carbocycles. The van der Waals surface area contributed by atoms with Crippen molar-refractivity contribution in [2.24, 2.45) is 5.73 Å². The molecule has 0 unspecified atom stereocenters. The molecule has 0 aliphatic carbocycles. The minimum Gasteiger partial charge on any atom is -0.493 e. The summed E-state index contributed by atoms with van der Waals surface area (Å²) in [4.78, 5) is 12.5. The van der Waals surface area contributed by atoms with Crippen LogP contribution in [0.15, 0.2) is 42.5 Å². The Morgan fingerprint density at radius 1 is 1.08 bits per heavy atom. The highest BCUT2D eigenvalue weighted by Crippen LogP contribution is 2.28. The van der Waals surface area contributed by atoms with Crippen LogP contribution in [-0.2, 0) is 5.41 Å². The highest BCUT2D eigenvalue weighted by Gasteiger charge is 2.19. The molecule has 0 saturated carbocycles. The van der Waals surface area contributed by atoms with Crippen LogP contribution in [0.4, 0.5) is 5.69 Å². The maximum Gasteiger partial charge on any atom is 0.255 e. The Bertz CT molecular complexity index is 726. The number of rotatable bonds is 6. The number of nitrogens with one attached hydrogen (secondary N) is 1. The average Bonchev–Trinajstić information content (AvgIpc) is 2.61. The third kappa shape index (κ3) is 3.86. The van der Waals surface area contributed by atoms with Crippen LogP contribution in [0.5, 0.6) is 11.5 Å². The zero-order valence-electron chi connectivity index (χ0n) is 14.6. The Hall–Kier alpha value is -2.53. The highest BCUT2D eigenvalue weighted by atomic mass is 16.5. The Balaban J connectivity index is 2.23. The first-order chi connectivity index (χ1) is 11.4. The Labute approximate surface area is 142 Å². The monoisotopic (exact) mass is 328 g/mol. The van der Waals surface area contributed by atoms with Gasteiger partial charge in [0, 0.05) is 23.2 Å². The molecule has 128 valence electrons. The van der Waals surface area contributed by atoms with Gasteiger partial charge in [-0.25, -0.2) is 0 Å². The zero-order chi connectivity index (χ0) is 17.7. The van der Waals surface area contributed by atoms with Crippen molar-refractivity contribution in [3.8, 4) is 11.5 Å². The van der Waals surface area contributed by atoms with Gasteiger partial charge in [0.15, 0.2) is 11.5 Å². The van der Waals surface area contributed by atoms with E-state index >= 15 is 0 Å². The molecule has 3 N–H and O–H groups in total. The summed E-state index contributed by atoms with van der Waals surface area (Å²) in [7, 11) is 3.10. The SMILES string of the molecule is COc1ccc(C(=O)Nc2cccc(C(C)(C)CN)c2)cc1OC. The minimum atomic E-state index is -0.210. The average molecular weight is 328 g/mol. The van der Waals surface area contributed by atoms with Gasteiger partial charge in [0.25, 0.3) is 5.91 Å². The quantitative estimate of drug-likeness (QED) is 0.854. The van der Waals surface area contributed by atoms with Crippen molar-refractivity contribution in [1.82, 2.24) is 0 Å². The largest absolute Gasteiger partial charge is 0.493 e. The van der Waals surface area contributed by atoms with Gasteiger partial charge in [0.2, 0.25) is 0 Å².